The van der Waals surface area contributed by atoms with E-state index in [0.717, 1.165) is 0 Å². The second kappa shape index (κ2) is 9.93. The van der Waals surface area contributed by atoms with E-state index in [1.807, 2.05) is 4.72 Å². The smallest absolute Gasteiger partial charge is 0.422 e. The molecule has 1 amide bonds. The van der Waals surface area contributed by atoms with Crippen molar-refractivity contribution in [3.05, 3.63) is 41.0 Å². The minimum Gasteiger partial charge on any atom is -0.493 e. The molecule has 1 saturated heterocycles. The first-order chi connectivity index (χ1) is 19.2. The number of nitrogens with one attached hydrogen (secondary N) is 2. The first-order valence-corrected chi connectivity index (χ1v) is 14.1. The quantitative estimate of drug-likeness (QED) is 0.444. The summed E-state index contributed by atoms with van der Waals surface area (Å²) in [5.41, 5.74) is 1.82. The van der Waals surface area contributed by atoms with Gasteiger partial charge in [-0.25, -0.2) is 9.52 Å². The maximum atomic E-state index is 13.2. The highest BCUT2D eigenvalue weighted by molar-refractivity contribution is 7.88. The van der Waals surface area contributed by atoms with Crippen molar-refractivity contribution in [2.75, 3.05) is 34.7 Å². The first kappa shape index (κ1) is 26.3. The van der Waals surface area contributed by atoms with Crippen LogP contribution in [0.25, 0.3) is 0 Å². The van der Waals surface area contributed by atoms with Crippen LogP contribution in [0.15, 0.2) is 24.3 Å². The van der Waals surface area contributed by atoms with Gasteiger partial charge in [-0.05, 0) is 48.2 Å². The number of methoxy groups -OCH3 is 3. The molecule has 214 valence electrons. The van der Waals surface area contributed by atoms with Gasteiger partial charge in [-0.1, -0.05) is 0 Å². The van der Waals surface area contributed by atoms with E-state index in [4.69, 9.17) is 33.2 Å². The van der Waals surface area contributed by atoms with Gasteiger partial charge in [0.05, 0.1) is 33.9 Å². The second-order valence-electron chi connectivity index (χ2n) is 9.91. The first-order valence-electron chi connectivity index (χ1n) is 12.6. The van der Waals surface area contributed by atoms with Crippen LogP contribution in [0.3, 0.4) is 0 Å². The molecule has 1 saturated carbocycles. The predicted octanol–water partition coefficient (Wildman–Crippen LogP) is 2.14. The maximum Gasteiger partial charge on any atom is 0.422 e. The van der Waals surface area contributed by atoms with E-state index in [9.17, 15) is 18.0 Å². The molecule has 14 heteroatoms. The molecule has 2 aromatic rings. The minimum absolute atomic E-state index is 0.000929. The van der Waals surface area contributed by atoms with Crippen LogP contribution in [0.4, 0.5) is 4.79 Å². The fourth-order valence-corrected chi connectivity index (χ4v) is 6.64. The Balaban J connectivity index is 1.44. The van der Waals surface area contributed by atoms with Crippen LogP contribution in [0.5, 0.6) is 28.7 Å². The standard InChI is InChI=1S/C26H28N2O11S/c1-33-19-6-12(7-20(34-2)24(19)35-3)21-14-8-17-18(38-11-37-17)9-15(14)23(16-10-36-25(29)22(16)21)39-26(30)28-40(31,32)27-13-4-5-13/h6-9,13,16,21-23,27H,4-5,10-11H2,1-3H3,(H,28,30)/t16-,21+,22-,23-/m0/s1. The molecule has 2 fully saturated rings. The van der Waals surface area contributed by atoms with E-state index >= 15 is 0 Å². The number of ether oxygens (including phenoxy) is 7. The lowest BCUT2D eigenvalue weighted by molar-refractivity contribution is -0.141. The Labute approximate surface area is 230 Å². The summed E-state index contributed by atoms with van der Waals surface area (Å²) < 4.78 is 68.0. The number of amides is 1. The number of hydrogen-bond acceptors (Lipinski definition) is 11. The average molecular weight is 577 g/mol. The van der Waals surface area contributed by atoms with E-state index < -0.39 is 46.1 Å². The van der Waals surface area contributed by atoms with Gasteiger partial charge in [-0.15, -0.1) is 0 Å². The molecule has 13 nitrogen and oxygen atoms in total. The Morgan fingerprint density at radius 1 is 0.925 bits per heavy atom. The van der Waals surface area contributed by atoms with E-state index in [2.05, 4.69) is 4.72 Å². The van der Waals surface area contributed by atoms with E-state index in [1.54, 1.807) is 24.3 Å². The summed E-state index contributed by atoms with van der Waals surface area (Å²) >= 11 is 0. The van der Waals surface area contributed by atoms with Crippen LogP contribution < -0.4 is 33.1 Å². The highest BCUT2D eigenvalue weighted by atomic mass is 32.2. The molecule has 40 heavy (non-hydrogen) atoms. The van der Waals surface area contributed by atoms with Crippen molar-refractivity contribution in [2.45, 2.75) is 30.9 Å². The van der Waals surface area contributed by atoms with Crippen molar-refractivity contribution in [1.82, 2.24) is 9.44 Å². The topological polar surface area (TPSA) is 157 Å². The van der Waals surface area contributed by atoms with Crippen LogP contribution in [-0.4, -0.2) is 61.3 Å². The van der Waals surface area contributed by atoms with Gasteiger partial charge in [0.15, 0.2) is 23.0 Å². The zero-order chi connectivity index (χ0) is 28.2. The summed E-state index contributed by atoms with van der Waals surface area (Å²) in [6.45, 7) is -0.0393. The number of esters is 1. The average Bonchev–Trinajstić information content (AvgIpc) is 3.46. The SMILES string of the molecule is COc1cc([C@@H]2c3cc4c(cc3[C@H](OC(=O)NS(=O)(=O)NC3CC3)[C@H]3COC(=O)[C@H]23)OCO4)cc(OC)c1OC. The highest BCUT2D eigenvalue weighted by Gasteiger charge is 2.54. The minimum atomic E-state index is -4.12. The summed E-state index contributed by atoms with van der Waals surface area (Å²) in [7, 11) is 0.364. The Hall–Kier alpha value is -3.91. The summed E-state index contributed by atoms with van der Waals surface area (Å²) in [5.74, 6) is -0.403. The number of cyclic esters (lactones) is 1. The van der Waals surface area contributed by atoms with Crippen LogP contribution >= 0.6 is 0 Å². The largest absolute Gasteiger partial charge is 0.493 e. The lowest BCUT2D eigenvalue weighted by Gasteiger charge is -2.38. The van der Waals surface area contributed by atoms with Crippen molar-refractivity contribution >= 4 is 22.3 Å². The molecule has 0 unspecified atom stereocenters. The monoisotopic (exact) mass is 576 g/mol. The zero-order valence-electron chi connectivity index (χ0n) is 21.9. The third-order valence-corrected chi connectivity index (χ3v) is 8.60. The fraction of sp³-hybridized carbons (Fsp3) is 0.462. The molecule has 0 spiro atoms. The van der Waals surface area contributed by atoms with E-state index in [-0.39, 0.29) is 19.4 Å². The van der Waals surface area contributed by atoms with Crippen LogP contribution in [-0.2, 0) is 24.5 Å². The third-order valence-electron chi connectivity index (χ3n) is 7.52. The maximum absolute atomic E-state index is 13.2. The molecule has 4 aliphatic rings. The number of benzene rings is 2. The van der Waals surface area contributed by atoms with Gasteiger partial charge in [0.25, 0.3) is 0 Å². The van der Waals surface area contributed by atoms with Crippen molar-refractivity contribution in [2.24, 2.45) is 11.8 Å². The summed E-state index contributed by atoms with van der Waals surface area (Å²) in [6, 6.07) is 6.74. The van der Waals surface area contributed by atoms with Gasteiger partial charge in [-0.3, -0.25) is 4.79 Å². The number of carbonyl (C=O) groups is 2. The van der Waals surface area contributed by atoms with Gasteiger partial charge >= 0.3 is 22.3 Å². The van der Waals surface area contributed by atoms with Crippen molar-refractivity contribution in [1.29, 1.82) is 0 Å². The molecule has 0 bridgehead atoms. The van der Waals surface area contributed by atoms with Crippen LogP contribution in [0.2, 0.25) is 0 Å². The molecule has 0 aromatic heterocycles. The Kier molecular flexibility index (Phi) is 6.53. The predicted molar refractivity (Wildman–Crippen MR) is 136 cm³/mol. The molecule has 2 aliphatic carbocycles. The molecule has 2 N–H and O–H groups in total. The van der Waals surface area contributed by atoms with Gasteiger partial charge < -0.3 is 33.2 Å². The molecule has 2 heterocycles. The molecule has 2 aliphatic heterocycles. The Morgan fingerprint density at radius 3 is 2.17 bits per heavy atom. The third kappa shape index (κ3) is 4.60. The zero-order valence-corrected chi connectivity index (χ0v) is 22.7. The normalized spacial score (nSPS) is 24.4. The number of carbonyl (C=O) groups excluding carboxylic acids is 2. The molecular formula is C26H28N2O11S. The molecular weight excluding hydrogens is 548 g/mol. The summed E-state index contributed by atoms with van der Waals surface area (Å²) in [5, 5.41) is 0. The van der Waals surface area contributed by atoms with Crippen molar-refractivity contribution < 1.29 is 51.2 Å². The Bertz CT molecular complexity index is 1450. The van der Waals surface area contributed by atoms with Crippen LogP contribution in [0, 0.1) is 11.8 Å². The molecule has 2 aromatic carbocycles. The van der Waals surface area contributed by atoms with Gasteiger partial charge in [-0.2, -0.15) is 13.1 Å². The lowest BCUT2D eigenvalue weighted by Crippen LogP contribution is -2.43. The van der Waals surface area contributed by atoms with Crippen LogP contribution in [0.1, 0.15) is 41.6 Å². The Morgan fingerprint density at radius 2 is 1.57 bits per heavy atom. The van der Waals surface area contributed by atoms with Crippen molar-refractivity contribution in [3.63, 3.8) is 0 Å². The second-order valence-corrected chi connectivity index (χ2v) is 11.4. The van der Waals surface area contributed by atoms with Gasteiger partial charge in [0.1, 0.15) is 6.10 Å². The molecule has 6 rings (SSSR count). The lowest BCUT2D eigenvalue weighted by atomic mass is 9.66. The van der Waals surface area contributed by atoms with E-state index in [1.165, 1.54) is 21.3 Å². The van der Waals surface area contributed by atoms with Crippen molar-refractivity contribution in [3.8, 4) is 28.7 Å². The number of rotatable bonds is 8. The van der Waals surface area contributed by atoms with Gasteiger partial charge in [0.2, 0.25) is 12.5 Å². The number of fused-ring (bicyclic) bond motifs is 3. The molecule has 4 atom stereocenters. The fourth-order valence-electron chi connectivity index (χ4n) is 5.64. The summed E-state index contributed by atoms with van der Waals surface area (Å²) in [4.78, 5) is 26.1. The summed E-state index contributed by atoms with van der Waals surface area (Å²) in [6.07, 6.45) is -0.795. The number of hydrogen-bond donors (Lipinski definition) is 2. The van der Waals surface area contributed by atoms with E-state index in [0.29, 0.717) is 58.3 Å². The molecule has 0 radical (unpaired) electrons. The van der Waals surface area contributed by atoms with Gasteiger partial charge in [0, 0.05) is 23.4 Å². The highest BCUT2D eigenvalue weighted by Crippen LogP contribution is 2.56.